The number of allylic oxidation sites excluding steroid dienone is 1. The molecule has 82 heavy (non-hydrogen) atoms. The van der Waals surface area contributed by atoms with Gasteiger partial charge in [-0.3, -0.25) is 29.8 Å². The highest BCUT2D eigenvalue weighted by Gasteiger charge is 2.50. The maximum Gasteiger partial charge on any atom is 0.259 e. The number of amides is 4. The van der Waals surface area contributed by atoms with Gasteiger partial charge in [0.1, 0.15) is 23.7 Å². The van der Waals surface area contributed by atoms with Gasteiger partial charge in [-0.25, -0.2) is 0 Å². The number of fused-ring (bicyclic) bond motifs is 20. The number of aliphatic hydroxyl groups is 2. The fourth-order valence-corrected chi connectivity index (χ4v) is 15.6. The smallest absolute Gasteiger partial charge is 0.259 e. The van der Waals surface area contributed by atoms with E-state index in [0.29, 0.717) is 62.0 Å². The number of carbonyl (C=O) groups is 4. The third-order valence-electron chi connectivity index (χ3n) is 19.0. The van der Waals surface area contributed by atoms with Gasteiger partial charge in [-0.15, -0.1) is 0 Å². The minimum atomic E-state index is -2.27. The Hall–Kier alpha value is -7.59. The van der Waals surface area contributed by atoms with Gasteiger partial charge in [0.2, 0.25) is 0 Å². The third kappa shape index (κ3) is 7.81. The molecule has 10 aromatic rings. The van der Waals surface area contributed by atoms with Crippen LogP contribution < -0.4 is 20.1 Å². The Morgan fingerprint density at radius 3 is 1.44 bits per heavy atom. The second-order valence-electron chi connectivity index (χ2n) is 25.7. The van der Waals surface area contributed by atoms with E-state index in [2.05, 4.69) is 111 Å². The standard InChI is InChI=1S/C32H35N3O6Si.C32H33N3O4Si/c1-32(2,3)42(5,6)41-21-14-20(28(36)29(21)37)35-19-12-11-15(40-4)13-17(19)23-25-24(30(38)34-31(25)39)22-16-9-7-8-10-18(16)33-26(22)27(23)35;1-32(2,3)40(5,6)39-19-12-11-17(15-19)35-23-14-13-18(38-4)16-21(23)25-27-26(30(36)34-31(27)37)24-20-9-7-8-10-22(20)33-28(24)29(25)35/h7-13,20-21,28-29,33,36-37H,14H2,1-6H3,(H,34,38,39);7-14,16-17,19,33H,15H2,1-6H3,(H,34,36,37)/t20?,21-,28-,29+;17?,19-/m01/s1. The topological polar surface area (TPSA) is 211 Å². The summed E-state index contributed by atoms with van der Waals surface area (Å²) in [6.45, 7) is 22.1. The average molecular weight is 1140 g/mol. The quantitative estimate of drug-likeness (QED) is 0.0481. The molecule has 2 aliphatic carbocycles. The molecule has 6 atom stereocenters. The Morgan fingerprint density at radius 1 is 0.524 bits per heavy atom. The summed E-state index contributed by atoms with van der Waals surface area (Å²) in [5.74, 6) is -0.315. The van der Waals surface area contributed by atoms with Gasteiger partial charge in [0.05, 0.1) is 88.3 Å². The molecule has 1 fully saturated rings. The van der Waals surface area contributed by atoms with Crippen molar-refractivity contribution >= 4 is 127 Å². The number of aromatic nitrogens is 4. The van der Waals surface area contributed by atoms with Crippen molar-refractivity contribution in [2.75, 3.05) is 14.2 Å². The molecular formula is C64H68N6O10Si2. The molecule has 422 valence electrons. The summed E-state index contributed by atoms with van der Waals surface area (Å²) in [6, 6.07) is 26.7. The van der Waals surface area contributed by atoms with E-state index in [1.165, 1.54) is 0 Å². The maximum absolute atomic E-state index is 13.5. The van der Waals surface area contributed by atoms with E-state index < -0.39 is 52.8 Å². The molecule has 0 bridgehead atoms. The summed E-state index contributed by atoms with van der Waals surface area (Å²) in [5, 5.41) is 34.3. The molecule has 2 unspecified atom stereocenters. The van der Waals surface area contributed by atoms with Gasteiger partial charge in [-0.2, -0.15) is 0 Å². The Morgan fingerprint density at radius 2 is 0.963 bits per heavy atom. The van der Waals surface area contributed by atoms with Gasteiger partial charge in [0.25, 0.3) is 23.6 Å². The minimum absolute atomic E-state index is 0.00847. The van der Waals surface area contributed by atoms with E-state index in [1.54, 1.807) is 14.2 Å². The summed E-state index contributed by atoms with van der Waals surface area (Å²) in [5.41, 5.74) is 8.19. The lowest BCUT2D eigenvalue weighted by Crippen LogP contribution is -2.46. The highest BCUT2D eigenvalue weighted by Crippen LogP contribution is 2.51. The second kappa shape index (κ2) is 18.5. The van der Waals surface area contributed by atoms with Crippen LogP contribution in [0.4, 0.5) is 0 Å². The molecule has 0 saturated heterocycles. The highest BCUT2D eigenvalue weighted by atomic mass is 28.4. The van der Waals surface area contributed by atoms with Gasteiger partial charge in [0, 0.05) is 66.1 Å². The first-order valence-corrected chi connectivity index (χ1v) is 33.9. The van der Waals surface area contributed by atoms with Crippen LogP contribution in [0.3, 0.4) is 0 Å². The van der Waals surface area contributed by atoms with Crippen molar-refractivity contribution in [1.82, 2.24) is 29.7 Å². The third-order valence-corrected chi connectivity index (χ3v) is 28.0. The summed E-state index contributed by atoms with van der Waals surface area (Å²) >= 11 is 0. The van der Waals surface area contributed by atoms with Gasteiger partial charge in [-0.05, 0) is 91.2 Å². The number of para-hydroxylation sites is 2. The molecule has 1 saturated carbocycles. The van der Waals surface area contributed by atoms with E-state index in [-0.39, 0.29) is 34.0 Å². The lowest BCUT2D eigenvalue weighted by Gasteiger charge is -2.39. The first kappa shape index (κ1) is 53.7. The molecule has 6 aromatic carbocycles. The number of aromatic amines is 2. The molecule has 4 amide bonds. The van der Waals surface area contributed by atoms with Crippen molar-refractivity contribution in [2.24, 2.45) is 0 Å². The Labute approximate surface area is 475 Å². The Balaban J connectivity index is 0.000000154. The number of H-pyrrole nitrogens is 2. The van der Waals surface area contributed by atoms with Crippen molar-refractivity contribution in [1.29, 1.82) is 0 Å². The van der Waals surface area contributed by atoms with Crippen LogP contribution in [0.25, 0.3) is 87.2 Å². The number of hydrogen-bond acceptors (Lipinski definition) is 10. The van der Waals surface area contributed by atoms with Crippen molar-refractivity contribution in [3.63, 3.8) is 0 Å². The summed E-state index contributed by atoms with van der Waals surface area (Å²) < 4.78 is 29.0. The molecular weight excluding hydrogens is 1070 g/mol. The number of rotatable bonds is 8. The van der Waals surface area contributed by atoms with Crippen LogP contribution in [-0.2, 0) is 8.85 Å². The van der Waals surface area contributed by atoms with Gasteiger partial charge < -0.3 is 47.6 Å². The Bertz CT molecular complexity index is 4470. The van der Waals surface area contributed by atoms with Gasteiger partial charge >= 0.3 is 0 Å². The molecule has 14 rings (SSSR count). The fourth-order valence-electron chi connectivity index (χ4n) is 12.9. The molecule has 4 aliphatic rings. The van der Waals surface area contributed by atoms with Gasteiger partial charge in [0.15, 0.2) is 16.6 Å². The highest BCUT2D eigenvalue weighted by molar-refractivity contribution is 6.74. The zero-order valence-electron chi connectivity index (χ0n) is 48.2. The first-order valence-electron chi connectivity index (χ1n) is 28.1. The normalized spacial score (nSPS) is 21.3. The van der Waals surface area contributed by atoms with Crippen LogP contribution in [-0.4, -0.2) is 108 Å². The number of benzene rings is 6. The number of hydrogen-bond donors (Lipinski definition) is 6. The van der Waals surface area contributed by atoms with Crippen LogP contribution >= 0.6 is 0 Å². The summed E-state index contributed by atoms with van der Waals surface area (Å²) in [6.07, 6.45) is 2.83. The number of ether oxygens (including phenoxy) is 2. The zero-order valence-corrected chi connectivity index (χ0v) is 50.2. The molecule has 0 radical (unpaired) electrons. The number of methoxy groups -OCH3 is 2. The molecule has 18 heteroatoms. The molecule has 16 nitrogen and oxygen atoms in total. The van der Waals surface area contributed by atoms with E-state index >= 15 is 0 Å². The number of imide groups is 2. The average Bonchev–Trinajstić information content (AvgIpc) is 3.50. The lowest BCUT2D eigenvalue weighted by atomic mass is 9.96. The summed E-state index contributed by atoms with van der Waals surface area (Å²) in [7, 11) is -1.02. The van der Waals surface area contributed by atoms with Crippen LogP contribution in [0.15, 0.2) is 97.1 Å². The van der Waals surface area contributed by atoms with E-state index in [0.717, 1.165) is 71.8 Å². The van der Waals surface area contributed by atoms with Crippen molar-refractivity contribution in [2.45, 2.75) is 127 Å². The number of nitrogens with one attached hydrogen (secondary N) is 4. The Kier molecular flexibility index (Phi) is 12.1. The lowest BCUT2D eigenvalue weighted by molar-refractivity contribution is -0.0199. The summed E-state index contributed by atoms with van der Waals surface area (Å²) in [4.78, 5) is 60.5. The monoisotopic (exact) mass is 1140 g/mol. The van der Waals surface area contributed by atoms with Crippen LogP contribution in [0.2, 0.25) is 36.3 Å². The molecule has 4 aromatic heterocycles. The van der Waals surface area contributed by atoms with E-state index in [1.807, 2.05) is 83.4 Å². The van der Waals surface area contributed by atoms with E-state index in [4.69, 9.17) is 18.3 Å². The van der Waals surface area contributed by atoms with Crippen molar-refractivity contribution in [3.8, 4) is 11.5 Å². The maximum atomic E-state index is 13.5. The van der Waals surface area contributed by atoms with E-state index in [9.17, 15) is 29.4 Å². The second-order valence-corrected chi connectivity index (χ2v) is 35.2. The number of nitrogens with zero attached hydrogens (tertiary/aromatic N) is 2. The predicted molar refractivity (Wildman–Crippen MR) is 327 cm³/mol. The fraction of sp³-hybridized carbons (Fsp3) is 0.344. The van der Waals surface area contributed by atoms with Gasteiger partial charge in [-0.1, -0.05) is 90.1 Å². The SMILES string of the molecule is COc1ccc2c(c1)c1c3c(c4c5ccccc5[nH]c4c1n2C1C=C[C@@H](O[Si](C)(C)C(C)(C)C)C1)C(=O)NC3=O.COc1ccc2c(c1)c1c3c(c4c5ccccc5[nH]c4c1n2C1C[C@H](O[Si](C)(C)C(C)(C)C)[C@@H](O)[C@H]1O)C(=O)NC3=O. The van der Waals surface area contributed by atoms with Crippen LogP contribution in [0.5, 0.6) is 11.5 Å². The van der Waals surface area contributed by atoms with Crippen molar-refractivity contribution < 1.29 is 47.7 Å². The molecule has 0 spiro atoms. The van der Waals surface area contributed by atoms with Crippen LogP contribution in [0.1, 0.15) is 108 Å². The largest absolute Gasteiger partial charge is 0.497 e. The molecule has 2 aliphatic heterocycles. The van der Waals surface area contributed by atoms with Crippen LogP contribution in [0, 0.1) is 0 Å². The number of carbonyl (C=O) groups excluding carboxylic acids is 4. The minimum Gasteiger partial charge on any atom is -0.497 e. The molecule has 6 heterocycles. The predicted octanol–water partition coefficient (Wildman–Crippen LogP) is 12.6. The zero-order chi connectivity index (χ0) is 58.0. The molecule has 6 N–H and O–H groups in total. The van der Waals surface area contributed by atoms with Crippen molar-refractivity contribution in [3.05, 3.63) is 119 Å². The first-order chi connectivity index (χ1) is 38.8. The number of aliphatic hydroxyl groups excluding tert-OH is 2.